The summed E-state index contributed by atoms with van der Waals surface area (Å²) in [5, 5.41) is 18.6. The molecular weight excluding hydrogens is 375 g/mol. The Kier molecular flexibility index (Phi) is 6.19. The van der Waals surface area contributed by atoms with Crippen molar-refractivity contribution in [2.75, 3.05) is 31.6 Å². The lowest BCUT2D eigenvalue weighted by atomic mass is 9.81. The minimum absolute atomic E-state index is 0.0798. The van der Waals surface area contributed by atoms with Crippen LogP contribution in [0.1, 0.15) is 40.5 Å². The van der Waals surface area contributed by atoms with Gasteiger partial charge in [-0.1, -0.05) is 0 Å². The summed E-state index contributed by atoms with van der Waals surface area (Å²) in [6.45, 7) is 8.78. The number of amides is 1. The minimum Gasteiger partial charge on any atom is -0.399 e. The maximum atomic E-state index is 12.2. The van der Waals surface area contributed by atoms with Gasteiger partial charge in [0, 0.05) is 44.0 Å². The Hall–Kier alpha value is -1.75. The third kappa shape index (κ3) is 4.40. The van der Waals surface area contributed by atoms with Crippen molar-refractivity contribution in [2.24, 2.45) is 0 Å². The van der Waals surface area contributed by atoms with Crippen LogP contribution in [0, 0.1) is 0 Å². The molecule has 2 aliphatic heterocycles. The number of anilines is 1. The first-order valence-corrected chi connectivity index (χ1v) is 10.0. The topological polar surface area (TPSA) is 108 Å². The molecule has 0 aliphatic carbocycles. The van der Waals surface area contributed by atoms with Gasteiger partial charge >= 0.3 is 7.12 Å². The number of hydrogen-bond acceptors (Lipinski definition) is 8. The molecule has 0 unspecified atom stereocenters. The van der Waals surface area contributed by atoms with Crippen LogP contribution in [-0.2, 0) is 14.1 Å². The number of hydrogen-bond donors (Lipinski definition) is 2. The van der Waals surface area contributed by atoms with Gasteiger partial charge < -0.3 is 29.3 Å². The quantitative estimate of drug-likeness (QED) is 0.634. The average Bonchev–Trinajstić information content (AvgIpc) is 2.93. The van der Waals surface area contributed by atoms with Gasteiger partial charge in [0.05, 0.1) is 17.8 Å². The lowest BCUT2D eigenvalue weighted by Gasteiger charge is -2.38. The number of aliphatic hydroxyl groups is 2. The van der Waals surface area contributed by atoms with E-state index >= 15 is 0 Å². The molecule has 29 heavy (non-hydrogen) atoms. The zero-order valence-corrected chi connectivity index (χ0v) is 17.8. The van der Waals surface area contributed by atoms with Crippen molar-refractivity contribution in [3.8, 4) is 0 Å². The molecule has 3 heterocycles. The molecule has 0 bridgehead atoms. The first-order valence-electron chi connectivity index (χ1n) is 10.0. The van der Waals surface area contributed by atoms with Crippen molar-refractivity contribution in [3.05, 3.63) is 12.4 Å². The van der Waals surface area contributed by atoms with E-state index in [0.29, 0.717) is 12.5 Å². The number of likely N-dealkylation sites (N-methyl/N-ethyl adjacent to an activating group) is 1. The zero-order valence-electron chi connectivity index (χ0n) is 17.8. The van der Waals surface area contributed by atoms with Crippen LogP contribution >= 0.6 is 0 Å². The Labute approximate surface area is 172 Å². The molecule has 2 N–H and O–H groups in total. The van der Waals surface area contributed by atoms with E-state index in [9.17, 15) is 9.90 Å². The molecule has 0 spiro atoms. The van der Waals surface area contributed by atoms with Crippen molar-refractivity contribution in [1.82, 2.24) is 14.9 Å². The van der Waals surface area contributed by atoms with Gasteiger partial charge in [-0.15, -0.1) is 0 Å². The largest absolute Gasteiger partial charge is 0.498 e. The highest BCUT2D eigenvalue weighted by molar-refractivity contribution is 6.61. The lowest BCUT2D eigenvalue weighted by Crippen LogP contribution is -2.52. The predicted octanol–water partition coefficient (Wildman–Crippen LogP) is -0.444. The number of aromatic nitrogens is 2. The number of piperidine rings is 1. The fraction of sp³-hybridized carbons (Fsp3) is 0.737. The smallest absolute Gasteiger partial charge is 0.399 e. The van der Waals surface area contributed by atoms with E-state index in [1.807, 2.05) is 32.6 Å². The molecule has 3 rings (SSSR count). The number of rotatable bonds is 5. The molecule has 160 valence electrons. The van der Waals surface area contributed by atoms with Crippen LogP contribution in [0.2, 0.25) is 0 Å². The second-order valence-corrected chi connectivity index (χ2v) is 8.79. The number of nitrogens with zero attached hydrogens (tertiary/aromatic N) is 4. The second kappa shape index (κ2) is 8.18. The molecule has 1 amide bonds. The van der Waals surface area contributed by atoms with E-state index in [1.165, 1.54) is 4.90 Å². The lowest BCUT2D eigenvalue weighted by molar-refractivity contribution is -0.143. The number of carbonyl (C=O) groups excluding carboxylic acids is 1. The standard InChI is InChI=1S/C19H31BN4O5/c1-18(2)19(3,4)29-20(28-18)13-9-21-17(22-10-13)24-8-6-7-14(11-24)23(5)16(27)15(26)12-25/h9-10,14-15,25-26H,6-8,11-12H2,1-5H3/t14-,15-/m0/s1. The van der Waals surface area contributed by atoms with Crippen LogP contribution in [0.4, 0.5) is 5.95 Å². The molecule has 9 nitrogen and oxygen atoms in total. The summed E-state index contributed by atoms with van der Waals surface area (Å²) in [6, 6.07) is -0.0798. The second-order valence-electron chi connectivity index (χ2n) is 8.79. The van der Waals surface area contributed by atoms with E-state index < -0.39 is 36.9 Å². The van der Waals surface area contributed by atoms with Gasteiger partial charge in [0.25, 0.3) is 5.91 Å². The Morgan fingerprint density at radius 3 is 2.45 bits per heavy atom. The molecule has 2 aliphatic rings. The highest BCUT2D eigenvalue weighted by Crippen LogP contribution is 2.36. The Balaban J connectivity index is 1.66. The molecule has 10 heteroatoms. The summed E-state index contributed by atoms with van der Waals surface area (Å²) in [5.74, 6) is 0.106. The summed E-state index contributed by atoms with van der Waals surface area (Å²) in [6.07, 6.45) is 3.76. The Morgan fingerprint density at radius 2 is 1.90 bits per heavy atom. The van der Waals surface area contributed by atoms with Crippen molar-refractivity contribution < 1.29 is 24.3 Å². The fourth-order valence-electron chi connectivity index (χ4n) is 3.54. The summed E-state index contributed by atoms with van der Waals surface area (Å²) in [7, 11) is 1.14. The minimum atomic E-state index is -1.38. The van der Waals surface area contributed by atoms with Crippen LogP contribution < -0.4 is 10.4 Å². The Morgan fingerprint density at radius 1 is 1.31 bits per heavy atom. The molecule has 2 fully saturated rings. The van der Waals surface area contributed by atoms with Gasteiger partial charge in [0.15, 0.2) is 6.10 Å². The molecule has 0 saturated carbocycles. The highest BCUT2D eigenvalue weighted by atomic mass is 16.7. The Bertz CT molecular complexity index is 714. The van der Waals surface area contributed by atoms with E-state index in [0.717, 1.165) is 24.8 Å². The summed E-state index contributed by atoms with van der Waals surface area (Å²) >= 11 is 0. The summed E-state index contributed by atoms with van der Waals surface area (Å²) < 4.78 is 12.1. The van der Waals surface area contributed by atoms with Gasteiger partial charge in [-0.3, -0.25) is 4.79 Å². The molecule has 1 aromatic heterocycles. The van der Waals surface area contributed by atoms with Crippen molar-refractivity contribution in [3.63, 3.8) is 0 Å². The van der Waals surface area contributed by atoms with Crippen molar-refractivity contribution >= 4 is 24.4 Å². The monoisotopic (exact) mass is 406 g/mol. The molecule has 2 atom stereocenters. The molecule has 0 aromatic carbocycles. The van der Waals surface area contributed by atoms with Gasteiger partial charge in [-0.25, -0.2) is 9.97 Å². The molecular formula is C19H31BN4O5. The summed E-state index contributed by atoms with van der Waals surface area (Å²) in [5.41, 5.74) is -0.0846. The first kappa shape index (κ1) is 22.0. The van der Waals surface area contributed by atoms with Crippen molar-refractivity contribution in [2.45, 2.75) is 63.9 Å². The number of carbonyl (C=O) groups is 1. The maximum absolute atomic E-state index is 12.2. The average molecular weight is 406 g/mol. The van der Waals surface area contributed by atoms with Gasteiger partial charge in [-0.05, 0) is 40.5 Å². The third-order valence-electron chi connectivity index (χ3n) is 6.22. The fourth-order valence-corrected chi connectivity index (χ4v) is 3.54. The predicted molar refractivity (Wildman–Crippen MR) is 109 cm³/mol. The van der Waals surface area contributed by atoms with E-state index in [2.05, 4.69) is 9.97 Å². The van der Waals surface area contributed by atoms with Crippen LogP contribution in [0.5, 0.6) is 0 Å². The first-order chi connectivity index (χ1) is 13.6. The van der Waals surface area contributed by atoms with E-state index in [-0.39, 0.29) is 6.04 Å². The third-order valence-corrected chi connectivity index (χ3v) is 6.22. The maximum Gasteiger partial charge on any atom is 0.498 e. The molecule has 2 saturated heterocycles. The van der Waals surface area contributed by atoms with Crippen LogP contribution in [0.3, 0.4) is 0 Å². The van der Waals surface area contributed by atoms with Crippen LogP contribution in [0.15, 0.2) is 12.4 Å². The molecule has 0 radical (unpaired) electrons. The van der Waals surface area contributed by atoms with Crippen molar-refractivity contribution in [1.29, 1.82) is 0 Å². The van der Waals surface area contributed by atoms with E-state index in [1.54, 1.807) is 19.4 Å². The van der Waals surface area contributed by atoms with Crippen LogP contribution in [0.25, 0.3) is 0 Å². The summed E-state index contributed by atoms with van der Waals surface area (Å²) in [4.78, 5) is 24.7. The van der Waals surface area contributed by atoms with E-state index in [4.69, 9.17) is 14.4 Å². The number of aliphatic hydroxyl groups excluding tert-OH is 2. The molecule has 1 aromatic rings. The highest BCUT2D eigenvalue weighted by Gasteiger charge is 2.52. The van der Waals surface area contributed by atoms with Gasteiger partial charge in [0.1, 0.15) is 0 Å². The van der Waals surface area contributed by atoms with Gasteiger partial charge in [0.2, 0.25) is 5.95 Å². The van der Waals surface area contributed by atoms with Crippen LogP contribution in [-0.4, -0.2) is 88.2 Å². The van der Waals surface area contributed by atoms with Gasteiger partial charge in [-0.2, -0.15) is 0 Å². The SMILES string of the molecule is CN(C(=O)[C@@H](O)CO)[C@H]1CCCN(c2ncc(B3OC(C)(C)C(C)(C)O3)cn2)C1. The zero-order chi connectivity index (χ0) is 21.4. The normalized spacial score (nSPS) is 24.4.